The van der Waals surface area contributed by atoms with Crippen LogP contribution < -0.4 is 0 Å². The van der Waals surface area contributed by atoms with Gasteiger partial charge in [0.05, 0.1) is 0 Å². The van der Waals surface area contributed by atoms with Crippen LogP contribution in [-0.4, -0.2) is 27.3 Å². The Balaban J connectivity index is 3.22. The molecule has 1 rings (SSSR count). The van der Waals surface area contributed by atoms with E-state index < -0.39 is 29.0 Å². The van der Waals surface area contributed by atoms with Crippen LogP contribution in [-0.2, 0) is 0 Å². The Hall–Kier alpha value is -1.98. The van der Waals surface area contributed by atoms with Crippen LogP contribution >= 0.6 is 0 Å². The van der Waals surface area contributed by atoms with Gasteiger partial charge in [0.25, 0.3) is 5.76 Å². The number of furan rings is 1. The Morgan fingerprint density at radius 2 is 1.83 bits per heavy atom. The van der Waals surface area contributed by atoms with Crippen LogP contribution in [0.2, 0.25) is 0 Å². The van der Waals surface area contributed by atoms with E-state index in [9.17, 15) is 9.59 Å². The fraction of sp³-hybridized carbons (Fsp3) is 0. The van der Waals surface area contributed by atoms with Crippen LogP contribution in [0.4, 0.5) is 0 Å². The summed E-state index contributed by atoms with van der Waals surface area (Å²) >= 11 is 0. The predicted octanol–water partition coefficient (Wildman–Crippen LogP) is 0.382. The van der Waals surface area contributed by atoms with Gasteiger partial charge in [0.1, 0.15) is 11.8 Å². The van der Waals surface area contributed by atoms with E-state index in [1.54, 1.807) is 0 Å². The van der Waals surface area contributed by atoms with Gasteiger partial charge in [0.2, 0.25) is 0 Å². The number of aromatic hydroxyl groups is 1. The van der Waals surface area contributed by atoms with Crippen molar-refractivity contribution >= 4 is 11.9 Å². The number of carbonyl (C=O) groups is 2. The highest BCUT2D eigenvalue weighted by molar-refractivity contribution is 5.96. The van der Waals surface area contributed by atoms with Gasteiger partial charge in [-0.05, 0) is 0 Å². The Bertz CT molecular complexity index is 304. The Morgan fingerprint density at radius 1 is 1.25 bits per heavy atom. The average Bonchev–Trinajstić information content (AvgIpc) is 2.30. The molecule has 0 saturated heterocycles. The number of rotatable bonds is 2. The summed E-state index contributed by atoms with van der Waals surface area (Å²) in [7, 11) is 0. The van der Waals surface area contributed by atoms with Gasteiger partial charge >= 0.3 is 11.9 Å². The summed E-state index contributed by atoms with van der Waals surface area (Å²) in [5.74, 6) is -4.59. The van der Waals surface area contributed by atoms with Gasteiger partial charge in [-0.25, -0.2) is 9.59 Å². The van der Waals surface area contributed by atoms with Crippen LogP contribution in [0, 0.1) is 0 Å². The molecule has 0 radical (unpaired) electrons. The highest BCUT2D eigenvalue weighted by atomic mass is 16.4. The number of hydrogen-bond acceptors (Lipinski definition) is 4. The molecule has 1 aromatic heterocycles. The Morgan fingerprint density at radius 3 is 2.08 bits per heavy atom. The zero-order chi connectivity index (χ0) is 9.30. The molecule has 0 atom stereocenters. The first-order chi connectivity index (χ1) is 5.54. The zero-order valence-electron chi connectivity index (χ0n) is 5.64. The summed E-state index contributed by atoms with van der Waals surface area (Å²) < 4.78 is 4.29. The van der Waals surface area contributed by atoms with Crippen molar-refractivity contribution in [3.8, 4) is 5.75 Å². The maximum Gasteiger partial charge on any atom is 0.375 e. The van der Waals surface area contributed by atoms with Crippen LogP contribution in [0.25, 0.3) is 0 Å². The van der Waals surface area contributed by atoms with Crippen LogP contribution in [0.15, 0.2) is 10.7 Å². The van der Waals surface area contributed by atoms with Crippen molar-refractivity contribution in [2.24, 2.45) is 0 Å². The van der Waals surface area contributed by atoms with Crippen molar-refractivity contribution in [2.45, 2.75) is 0 Å². The molecule has 0 aromatic carbocycles. The summed E-state index contributed by atoms with van der Waals surface area (Å²) in [5, 5.41) is 25.6. The highest BCUT2D eigenvalue weighted by Crippen LogP contribution is 2.24. The standard InChI is InChI=1S/C6H4O6/c7-3-2(5(8)9)1-12-4(3)6(10)11/h1,7H,(H,8,9)(H,10,11). The fourth-order valence-electron chi connectivity index (χ4n) is 0.655. The summed E-state index contributed by atoms with van der Waals surface area (Å²) in [6, 6.07) is 0. The minimum Gasteiger partial charge on any atom is -0.503 e. The first-order valence-corrected chi connectivity index (χ1v) is 2.81. The molecular formula is C6H4O6. The molecule has 0 saturated carbocycles. The molecule has 3 N–H and O–H groups in total. The summed E-state index contributed by atoms with van der Waals surface area (Å²) in [6.07, 6.45) is 0.668. The molecular weight excluding hydrogens is 168 g/mol. The second-order valence-electron chi connectivity index (χ2n) is 1.94. The van der Waals surface area contributed by atoms with Crippen molar-refractivity contribution in [1.29, 1.82) is 0 Å². The van der Waals surface area contributed by atoms with Crippen molar-refractivity contribution < 1.29 is 29.3 Å². The smallest absolute Gasteiger partial charge is 0.375 e. The predicted molar refractivity (Wildman–Crippen MR) is 34.3 cm³/mol. The molecule has 0 amide bonds. The van der Waals surface area contributed by atoms with E-state index in [4.69, 9.17) is 15.3 Å². The molecule has 0 aliphatic rings. The molecule has 12 heavy (non-hydrogen) atoms. The van der Waals surface area contributed by atoms with Crippen LogP contribution in [0.1, 0.15) is 20.9 Å². The van der Waals surface area contributed by atoms with E-state index in [1.807, 2.05) is 0 Å². The fourth-order valence-corrected chi connectivity index (χ4v) is 0.655. The molecule has 1 heterocycles. The minimum atomic E-state index is -1.51. The molecule has 0 aliphatic carbocycles. The monoisotopic (exact) mass is 172 g/mol. The Kier molecular flexibility index (Phi) is 1.74. The van der Waals surface area contributed by atoms with Gasteiger partial charge in [-0.2, -0.15) is 0 Å². The Labute approximate surface area is 65.7 Å². The first kappa shape index (κ1) is 8.12. The molecule has 0 unspecified atom stereocenters. The highest BCUT2D eigenvalue weighted by Gasteiger charge is 2.22. The van der Waals surface area contributed by atoms with Gasteiger partial charge in [-0.15, -0.1) is 0 Å². The van der Waals surface area contributed by atoms with Gasteiger partial charge in [0.15, 0.2) is 5.75 Å². The molecule has 1 aromatic rings. The summed E-state index contributed by atoms with van der Waals surface area (Å²) in [4.78, 5) is 20.5. The van der Waals surface area contributed by atoms with Crippen LogP contribution in [0.3, 0.4) is 0 Å². The van der Waals surface area contributed by atoms with Gasteiger partial charge in [0, 0.05) is 0 Å². The number of aromatic carboxylic acids is 2. The third kappa shape index (κ3) is 1.09. The van der Waals surface area contributed by atoms with E-state index in [0.717, 1.165) is 0 Å². The third-order valence-corrected chi connectivity index (χ3v) is 1.19. The van der Waals surface area contributed by atoms with Gasteiger partial charge in [-0.3, -0.25) is 0 Å². The van der Waals surface area contributed by atoms with Crippen LogP contribution in [0.5, 0.6) is 5.75 Å². The second-order valence-corrected chi connectivity index (χ2v) is 1.94. The third-order valence-electron chi connectivity index (χ3n) is 1.19. The minimum absolute atomic E-state index is 0.563. The molecule has 6 heteroatoms. The van der Waals surface area contributed by atoms with E-state index in [1.165, 1.54) is 0 Å². The lowest BCUT2D eigenvalue weighted by atomic mass is 10.3. The largest absolute Gasteiger partial charge is 0.503 e. The molecule has 0 spiro atoms. The van der Waals surface area contributed by atoms with Gasteiger partial charge in [-0.1, -0.05) is 0 Å². The maximum absolute atomic E-state index is 10.2. The second kappa shape index (κ2) is 2.57. The quantitative estimate of drug-likeness (QED) is 0.595. The maximum atomic E-state index is 10.2. The summed E-state index contributed by atoms with van der Waals surface area (Å²) in [5.41, 5.74) is -0.563. The molecule has 6 nitrogen and oxygen atoms in total. The topological polar surface area (TPSA) is 108 Å². The van der Waals surface area contributed by atoms with E-state index in [0.29, 0.717) is 6.26 Å². The van der Waals surface area contributed by atoms with Gasteiger partial charge < -0.3 is 19.7 Å². The number of carboxylic acid groups (broad SMARTS) is 2. The number of hydrogen-bond donors (Lipinski definition) is 3. The summed E-state index contributed by atoms with van der Waals surface area (Å²) in [6.45, 7) is 0. The normalized spacial score (nSPS) is 9.67. The molecule has 0 bridgehead atoms. The molecule has 0 aliphatic heterocycles. The lowest BCUT2D eigenvalue weighted by molar-refractivity contribution is 0.0656. The lowest BCUT2D eigenvalue weighted by Crippen LogP contribution is -1.96. The van der Waals surface area contributed by atoms with Crippen molar-refractivity contribution in [1.82, 2.24) is 0 Å². The SMILES string of the molecule is O=C(O)c1coc(C(=O)O)c1O. The average molecular weight is 172 g/mol. The number of carboxylic acids is 2. The first-order valence-electron chi connectivity index (χ1n) is 2.81. The van der Waals surface area contributed by atoms with Crippen molar-refractivity contribution in [3.05, 3.63) is 17.6 Å². The molecule has 0 fully saturated rings. The lowest BCUT2D eigenvalue weighted by Gasteiger charge is -1.88. The van der Waals surface area contributed by atoms with E-state index >= 15 is 0 Å². The zero-order valence-corrected chi connectivity index (χ0v) is 5.64. The van der Waals surface area contributed by atoms with E-state index in [2.05, 4.69) is 4.42 Å². The van der Waals surface area contributed by atoms with Crippen molar-refractivity contribution in [3.63, 3.8) is 0 Å². The van der Waals surface area contributed by atoms with Crippen molar-refractivity contribution in [2.75, 3.05) is 0 Å². The molecule has 64 valence electrons. The van der Waals surface area contributed by atoms with E-state index in [-0.39, 0.29) is 0 Å².